The monoisotopic (exact) mass is 322 g/mol. The highest BCUT2D eigenvalue weighted by atomic mass is 16.6. The summed E-state index contributed by atoms with van der Waals surface area (Å²) in [6, 6.07) is 0. The zero-order valence-corrected chi connectivity index (χ0v) is 13.5. The van der Waals surface area contributed by atoms with Gasteiger partial charge in [0.15, 0.2) is 0 Å². The predicted molar refractivity (Wildman–Crippen MR) is 82.2 cm³/mol. The third-order valence-electron chi connectivity index (χ3n) is 4.27. The number of carbonyl (C=O) groups excluding carboxylic acids is 2. The lowest BCUT2D eigenvalue weighted by Gasteiger charge is -2.27. The minimum Gasteiger partial charge on any atom is -0.458 e. The molecule has 0 amide bonds. The van der Waals surface area contributed by atoms with Gasteiger partial charge < -0.3 is 19.7 Å². The van der Waals surface area contributed by atoms with E-state index in [1.807, 2.05) is 0 Å². The SMILES string of the molecule is C=C1C(=O)O[C@H]2/C=C(/C)[C@@H](O)C[C@H](OC(C)=O)/C(C)=C/[C@@H](O)[C@H]12. The molecule has 0 aromatic carbocycles. The van der Waals surface area contributed by atoms with Gasteiger partial charge in [0.25, 0.3) is 0 Å². The van der Waals surface area contributed by atoms with Crippen molar-refractivity contribution < 1.29 is 29.3 Å². The van der Waals surface area contributed by atoms with Crippen molar-refractivity contribution in [1.82, 2.24) is 0 Å². The van der Waals surface area contributed by atoms with E-state index < -0.39 is 42.3 Å². The van der Waals surface area contributed by atoms with Crippen molar-refractivity contribution >= 4 is 11.9 Å². The number of fused-ring (bicyclic) bond motifs is 1. The summed E-state index contributed by atoms with van der Waals surface area (Å²) in [5, 5.41) is 20.8. The fourth-order valence-electron chi connectivity index (χ4n) is 2.91. The van der Waals surface area contributed by atoms with Gasteiger partial charge in [0.1, 0.15) is 12.2 Å². The first-order chi connectivity index (χ1) is 10.7. The molecular formula is C17H22O6. The molecule has 2 rings (SSSR count). The van der Waals surface area contributed by atoms with Crippen LogP contribution < -0.4 is 0 Å². The molecule has 0 bridgehead atoms. The Morgan fingerprint density at radius 3 is 2.57 bits per heavy atom. The molecule has 0 unspecified atom stereocenters. The summed E-state index contributed by atoms with van der Waals surface area (Å²) in [7, 11) is 0. The van der Waals surface area contributed by atoms with E-state index in [4.69, 9.17) is 9.47 Å². The number of aliphatic hydroxyl groups is 2. The van der Waals surface area contributed by atoms with Crippen LogP contribution in [0.3, 0.4) is 0 Å². The first-order valence-electron chi connectivity index (χ1n) is 7.50. The van der Waals surface area contributed by atoms with E-state index in [-0.39, 0.29) is 12.0 Å². The average molecular weight is 322 g/mol. The summed E-state index contributed by atoms with van der Waals surface area (Å²) in [5.41, 5.74) is 1.38. The summed E-state index contributed by atoms with van der Waals surface area (Å²) in [4.78, 5) is 23.0. The van der Waals surface area contributed by atoms with Crippen LogP contribution >= 0.6 is 0 Å². The van der Waals surface area contributed by atoms with Crippen molar-refractivity contribution in [2.45, 2.75) is 51.6 Å². The van der Waals surface area contributed by atoms with Crippen molar-refractivity contribution in [3.63, 3.8) is 0 Å². The van der Waals surface area contributed by atoms with Crippen LogP contribution in [0.4, 0.5) is 0 Å². The Labute approximate surface area is 135 Å². The van der Waals surface area contributed by atoms with Crippen LogP contribution in [0, 0.1) is 5.92 Å². The van der Waals surface area contributed by atoms with Gasteiger partial charge >= 0.3 is 11.9 Å². The molecule has 2 aliphatic rings. The molecule has 0 radical (unpaired) electrons. The van der Waals surface area contributed by atoms with E-state index >= 15 is 0 Å². The Bertz CT molecular complexity index is 588. The molecule has 6 heteroatoms. The number of hydrogen-bond acceptors (Lipinski definition) is 6. The Balaban J connectivity index is 2.42. The van der Waals surface area contributed by atoms with Crippen molar-refractivity contribution in [3.8, 4) is 0 Å². The van der Waals surface area contributed by atoms with E-state index in [0.717, 1.165) is 0 Å². The molecule has 0 saturated carbocycles. The number of rotatable bonds is 1. The van der Waals surface area contributed by atoms with E-state index in [2.05, 4.69) is 6.58 Å². The maximum Gasteiger partial charge on any atom is 0.334 e. The zero-order valence-electron chi connectivity index (χ0n) is 13.5. The van der Waals surface area contributed by atoms with Crippen molar-refractivity contribution in [1.29, 1.82) is 0 Å². The molecule has 1 aliphatic heterocycles. The molecule has 126 valence electrons. The molecule has 1 fully saturated rings. The molecule has 23 heavy (non-hydrogen) atoms. The highest BCUT2D eigenvalue weighted by Crippen LogP contribution is 2.34. The van der Waals surface area contributed by atoms with Crippen LogP contribution in [0.15, 0.2) is 35.5 Å². The van der Waals surface area contributed by atoms with Crippen LogP contribution in [0.1, 0.15) is 27.2 Å². The molecule has 0 spiro atoms. The largest absolute Gasteiger partial charge is 0.458 e. The second-order valence-electron chi connectivity index (χ2n) is 6.08. The lowest BCUT2D eigenvalue weighted by atomic mass is 9.86. The van der Waals surface area contributed by atoms with Crippen LogP contribution in [-0.4, -0.2) is 46.6 Å². The molecule has 0 aromatic rings. The number of esters is 2. The first kappa shape index (κ1) is 17.4. The lowest BCUT2D eigenvalue weighted by Crippen LogP contribution is -2.32. The highest BCUT2D eigenvalue weighted by molar-refractivity contribution is 5.91. The maximum atomic E-state index is 11.7. The van der Waals surface area contributed by atoms with Gasteiger partial charge in [0, 0.05) is 18.9 Å². The van der Waals surface area contributed by atoms with Crippen molar-refractivity contribution in [3.05, 3.63) is 35.5 Å². The smallest absolute Gasteiger partial charge is 0.334 e. The predicted octanol–water partition coefficient (Wildman–Crippen LogP) is 1.03. The van der Waals surface area contributed by atoms with Crippen molar-refractivity contribution in [2.24, 2.45) is 5.92 Å². The van der Waals surface area contributed by atoms with Gasteiger partial charge in [0.2, 0.25) is 0 Å². The standard InChI is InChI=1S/C17H22O6/c1-8-6-15-16(10(3)17(21)23-15)13(20)5-9(2)14(7-12(8)19)22-11(4)18/h5-6,12-16,19-20H,3,7H2,1-2,4H3/b8-6-,9-5+/t12-,13+,14-,15-,16-/m0/s1. The lowest BCUT2D eigenvalue weighted by molar-refractivity contribution is -0.145. The third kappa shape index (κ3) is 3.71. The summed E-state index contributed by atoms with van der Waals surface area (Å²) in [6.45, 7) is 8.39. The van der Waals surface area contributed by atoms with Crippen LogP contribution in [0.25, 0.3) is 0 Å². The van der Waals surface area contributed by atoms with E-state index in [1.54, 1.807) is 19.9 Å². The van der Waals surface area contributed by atoms with Gasteiger partial charge in [-0.2, -0.15) is 0 Å². The average Bonchev–Trinajstić information content (AvgIpc) is 2.71. The second-order valence-corrected chi connectivity index (χ2v) is 6.08. The van der Waals surface area contributed by atoms with E-state index in [0.29, 0.717) is 11.1 Å². The Hall–Kier alpha value is -1.92. The Kier molecular flexibility index (Phi) is 5.06. The summed E-state index contributed by atoms with van der Waals surface area (Å²) in [6.07, 6.45) is 0.136. The molecule has 6 nitrogen and oxygen atoms in total. The van der Waals surface area contributed by atoms with Crippen molar-refractivity contribution in [2.75, 3.05) is 0 Å². The number of carbonyl (C=O) groups is 2. The molecule has 0 aromatic heterocycles. The second kappa shape index (κ2) is 6.68. The number of ether oxygens (including phenoxy) is 2. The Morgan fingerprint density at radius 2 is 1.96 bits per heavy atom. The zero-order chi connectivity index (χ0) is 17.3. The van der Waals surface area contributed by atoms with Gasteiger partial charge in [0.05, 0.1) is 18.1 Å². The summed E-state index contributed by atoms with van der Waals surface area (Å²) < 4.78 is 10.5. The quantitative estimate of drug-likeness (QED) is 0.425. The molecule has 2 N–H and O–H groups in total. The Morgan fingerprint density at radius 1 is 1.30 bits per heavy atom. The molecule has 1 heterocycles. The van der Waals surface area contributed by atoms with E-state index in [1.165, 1.54) is 13.0 Å². The van der Waals surface area contributed by atoms with E-state index in [9.17, 15) is 19.8 Å². The normalized spacial score (nSPS) is 39.4. The topological polar surface area (TPSA) is 93.1 Å². The van der Waals surface area contributed by atoms with Crippen LogP contribution in [-0.2, 0) is 19.1 Å². The van der Waals surface area contributed by atoms with Gasteiger partial charge in [-0.1, -0.05) is 12.7 Å². The van der Waals surface area contributed by atoms with Gasteiger partial charge in [-0.15, -0.1) is 0 Å². The number of hydrogen-bond donors (Lipinski definition) is 2. The minimum absolute atomic E-state index is 0.170. The fourth-order valence-corrected chi connectivity index (χ4v) is 2.91. The van der Waals surface area contributed by atoms with Gasteiger partial charge in [-0.05, 0) is 31.1 Å². The maximum absolute atomic E-state index is 11.7. The first-order valence-corrected chi connectivity index (χ1v) is 7.50. The summed E-state index contributed by atoms with van der Waals surface area (Å²) >= 11 is 0. The van der Waals surface area contributed by atoms with Gasteiger partial charge in [-0.25, -0.2) is 4.79 Å². The molecule has 5 atom stereocenters. The minimum atomic E-state index is -1.00. The summed E-state index contributed by atoms with van der Waals surface area (Å²) in [5.74, 6) is -1.65. The molecule has 1 saturated heterocycles. The van der Waals surface area contributed by atoms with Crippen LogP contribution in [0.2, 0.25) is 0 Å². The van der Waals surface area contributed by atoms with Crippen LogP contribution in [0.5, 0.6) is 0 Å². The molecule has 1 aliphatic carbocycles. The number of aliphatic hydroxyl groups excluding tert-OH is 2. The molecular weight excluding hydrogens is 300 g/mol. The fraction of sp³-hybridized carbons (Fsp3) is 0.529. The third-order valence-corrected chi connectivity index (χ3v) is 4.27. The van der Waals surface area contributed by atoms with Gasteiger partial charge in [-0.3, -0.25) is 4.79 Å². The highest BCUT2D eigenvalue weighted by Gasteiger charge is 2.42.